The Balaban J connectivity index is 2.91. The van der Waals surface area contributed by atoms with Crippen molar-refractivity contribution in [2.45, 2.75) is 19.3 Å². The van der Waals surface area contributed by atoms with E-state index in [9.17, 15) is 8.42 Å². The number of unbranched alkanes of at least 4 members (excludes halogenated alkanes) is 2. The van der Waals surface area contributed by atoms with E-state index in [2.05, 4.69) is 4.18 Å². The van der Waals surface area contributed by atoms with Crippen LogP contribution in [0.5, 0.6) is 0 Å². The van der Waals surface area contributed by atoms with E-state index >= 15 is 0 Å². The average molecular weight is 186 g/mol. The molecule has 0 aromatic carbocycles. The maximum Gasteiger partial charge on any atom is 0.257 e. The molecule has 0 saturated carbocycles. The van der Waals surface area contributed by atoms with Crippen molar-refractivity contribution in [2.24, 2.45) is 0 Å². The van der Waals surface area contributed by atoms with E-state index in [0.29, 0.717) is 12.3 Å². The minimum atomic E-state index is -2.71. The highest BCUT2D eigenvalue weighted by atomic mass is 35.5. The lowest BCUT2D eigenvalue weighted by Crippen LogP contribution is -1.85. The molecule has 3 nitrogen and oxygen atoms in total. The zero-order chi connectivity index (χ0) is 7.82. The number of halogens is 1. The molecule has 1 radical (unpaired) electrons. The second kappa shape index (κ2) is 7.31. The molecule has 0 aromatic rings. The van der Waals surface area contributed by atoms with Gasteiger partial charge in [0.15, 0.2) is 0 Å². The Bertz CT molecular complexity index is 127. The predicted molar refractivity (Wildman–Crippen MR) is 40.3 cm³/mol. The first-order chi connectivity index (χ1) is 4.77. The molecule has 0 heterocycles. The first kappa shape index (κ1) is 10.2. The molecule has 0 saturated heterocycles. The van der Waals surface area contributed by atoms with Crippen LogP contribution in [0.2, 0.25) is 0 Å². The van der Waals surface area contributed by atoms with Gasteiger partial charge in [0.1, 0.15) is 6.61 Å². The lowest BCUT2D eigenvalue weighted by atomic mass is 10.3. The van der Waals surface area contributed by atoms with Gasteiger partial charge in [0.25, 0.3) is 11.0 Å². The van der Waals surface area contributed by atoms with Crippen LogP contribution in [0.15, 0.2) is 0 Å². The van der Waals surface area contributed by atoms with E-state index in [4.69, 9.17) is 11.6 Å². The SMILES string of the molecule is O=[SH](=O)O[CH]CCCCCl. The normalized spacial score (nSPS) is 10.6. The van der Waals surface area contributed by atoms with Crippen LogP contribution in [0.3, 0.4) is 0 Å². The standard InChI is InChI=1S/C5H10ClO3S/c6-4-2-1-3-5-9-10(7)8/h5,10H,1-4H2. The molecule has 0 N–H and O–H groups in total. The summed E-state index contributed by atoms with van der Waals surface area (Å²) in [7, 11) is -2.71. The molecular weight excluding hydrogens is 176 g/mol. The van der Waals surface area contributed by atoms with Crippen molar-refractivity contribution in [3.05, 3.63) is 6.61 Å². The Labute approximate surface area is 67.5 Å². The molecule has 0 aliphatic heterocycles. The molecule has 0 unspecified atom stereocenters. The van der Waals surface area contributed by atoms with Crippen LogP contribution in [0.25, 0.3) is 0 Å². The van der Waals surface area contributed by atoms with E-state index in [1.54, 1.807) is 0 Å². The van der Waals surface area contributed by atoms with E-state index in [0.717, 1.165) is 12.8 Å². The third-order valence-corrected chi connectivity index (χ3v) is 1.45. The molecule has 0 atom stereocenters. The summed E-state index contributed by atoms with van der Waals surface area (Å²) in [4.78, 5) is 0. The zero-order valence-electron chi connectivity index (χ0n) is 5.46. The van der Waals surface area contributed by atoms with Crippen molar-refractivity contribution >= 4 is 22.6 Å². The predicted octanol–water partition coefficient (Wildman–Crippen LogP) is 1.10. The molecule has 0 spiro atoms. The highest BCUT2D eigenvalue weighted by Gasteiger charge is 1.89. The molecule has 0 rings (SSSR count). The maximum atomic E-state index is 9.79. The number of alkyl halides is 1. The lowest BCUT2D eigenvalue weighted by molar-refractivity contribution is 0.394. The molecule has 0 aromatic heterocycles. The van der Waals surface area contributed by atoms with Gasteiger partial charge < -0.3 is 0 Å². The van der Waals surface area contributed by atoms with Crippen LogP contribution >= 0.6 is 11.6 Å². The van der Waals surface area contributed by atoms with E-state index in [1.165, 1.54) is 6.61 Å². The number of thiol groups is 1. The molecule has 0 fully saturated rings. The molecule has 0 aliphatic carbocycles. The Morgan fingerprint density at radius 3 is 2.60 bits per heavy atom. The summed E-state index contributed by atoms with van der Waals surface area (Å²) in [6.45, 7) is 1.28. The van der Waals surface area contributed by atoms with Crippen molar-refractivity contribution in [2.75, 3.05) is 5.88 Å². The smallest absolute Gasteiger partial charge is 0.257 e. The quantitative estimate of drug-likeness (QED) is 0.383. The van der Waals surface area contributed by atoms with E-state index in [-0.39, 0.29) is 0 Å². The van der Waals surface area contributed by atoms with Gasteiger partial charge >= 0.3 is 0 Å². The first-order valence-corrected chi connectivity index (χ1v) is 4.59. The summed E-state index contributed by atoms with van der Waals surface area (Å²) >= 11 is 5.37. The molecule has 5 heteroatoms. The van der Waals surface area contributed by atoms with E-state index in [1.807, 2.05) is 0 Å². The molecule has 10 heavy (non-hydrogen) atoms. The lowest BCUT2D eigenvalue weighted by Gasteiger charge is -1.93. The summed E-state index contributed by atoms with van der Waals surface area (Å²) in [5, 5.41) is 0. The van der Waals surface area contributed by atoms with Crippen LogP contribution in [0.4, 0.5) is 0 Å². The summed E-state index contributed by atoms with van der Waals surface area (Å²) < 4.78 is 23.8. The number of rotatable bonds is 6. The van der Waals surface area contributed by atoms with Crippen LogP contribution in [-0.2, 0) is 15.2 Å². The summed E-state index contributed by atoms with van der Waals surface area (Å²) in [6, 6.07) is 0. The topological polar surface area (TPSA) is 43.4 Å². The van der Waals surface area contributed by atoms with Crippen molar-refractivity contribution in [3.63, 3.8) is 0 Å². The fraction of sp³-hybridized carbons (Fsp3) is 0.800. The zero-order valence-corrected chi connectivity index (χ0v) is 7.11. The van der Waals surface area contributed by atoms with Gasteiger partial charge in [-0.25, -0.2) is 8.42 Å². The monoisotopic (exact) mass is 185 g/mol. The van der Waals surface area contributed by atoms with Gasteiger partial charge in [-0.15, -0.1) is 11.6 Å². The average Bonchev–Trinajstić information content (AvgIpc) is 1.87. The highest BCUT2D eigenvalue weighted by Crippen LogP contribution is 2.00. The summed E-state index contributed by atoms with van der Waals surface area (Å²) in [5.41, 5.74) is 0. The molecule has 61 valence electrons. The van der Waals surface area contributed by atoms with Gasteiger partial charge in [0, 0.05) is 5.88 Å². The number of hydrogen-bond donors (Lipinski definition) is 1. The van der Waals surface area contributed by atoms with Gasteiger partial charge in [-0.05, 0) is 19.3 Å². The Kier molecular flexibility index (Phi) is 7.45. The van der Waals surface area contributed by atoms with Gasteiger partial charge in [-0.2, -0.15) is 0 Å². The third-order valence-electron chi connectivity index (χ3n) is 0.866. The van der Waals surface area contributed by atoms with Crippen molar-refractivity contribution in [1.82, 2.24) is 0 Å². The minimum Gasteiger partial charge on any atom is -0.266 e. The first-order valence-electron chi connectivity index (χ1n) is 2.96. The largest absolute Gasteiger partial charge is 0.266 e. The van der Waals surface area contributed by atoms with Crippen LogP contribution < -0.4 is 0 Å². The molecular formula is C5H10ClO3S. The Hall–Kier alpha value is 0.200. The molecule has 0 aliphatic rings. The van der Waals surface area contributed by atoms with Gasteiger partial charge in [0.2, 0.25) is 0 Å². The third kappa shape index (κ3) is 8.20. The highest BCUT2D eigenvalue weighted by molar-refractivity contribution is 7.67. The Morgan fingerprint density at radius 1 is 1.40 bits per heavy atom. The number of hydrogen-bond acceptors (Lipinski definition) is 3. The molecule has 0 amide bonds. The molecule has 0 bridgehead atoms. The second-order valence-corrected chi connectivity index (χ2v) is 2.72. The van der Waals surface area contributed by atoms with Crippen LogP contribution in [0, 0.1) is 6.61 Å². The fourth-order valence-electron chi connectivity index (χ4n) is 0.436. The van der Waals surface area contributed by atoms with Gasteiger partial charge in [-0.3, -0.25) is 4.18 Å². The second-order valence-electron chi connectivity index (χ2n) is 1.68. The summed E-state index contributed by atoms with van der Waals surface area (Å²) in [5.74, 6) is 0.608. The van der Waals surface area contributed by atoms with Crippen molar-refractivity contribution in [1.29, 1.82) is 0 Å². The summed E-state index contributed by atoms with van der Waals surface area (Å²) in [6.07, 6.45) is 2.39. The Morgan fingerprint density at radius 2 is 2.10 bits per heavy atom. The van der Waals surface area contributed by atoms with Gasteiger partial charge in [-0.1, -0.05) is 0 Å². The van der Waals surface area contributed by atoms with Crippen LogP contribution in [-0.4, -0.2) is 14.3 Å². The fourth-order valence-corrected chi connectivity index (χ4v) is 0.852. The van der Waals surface area contributed by atoms with Gasteiger partial charge in [0.05, 0.1) is 0 Å². The maximum absolute atomic E-state index is 9.79. The van der Waals surface area contributed by atoms with E-state index < -0.39 is 11.0 Å². The minimum absolute atomic E-state index is 0.608. The van der Waals surface area contributed by atoms with Crippen molar-refractivity contribution < 1.29 is 12.6 Å². The van der Waals surface area contributed by atoms with Crippen molar-refractivity contribution in [3.8, 4) is 0 Å². The van der Waals surface area contributed by atoms with Crippen LogP contribution in [0.1, 0.15) is 19.3 Å².